The summed E-state index contributed by atoms with van der Waals surface area (Å²) >= 11 is 0. The van der Waals surface area contributed by atoms with Gasteiger partial charge in [0.05, 0.1) is 0 Å². The van der Waals surface area contributed by atoms with Crippen molar-refractivity contribution < 1.29 is 14.7 Å². The number of allylic oxidation sites excluding steroid dienone is 2. The fourth-order valence-corrected chi connectivity index (χ4v) is 2.79. The highest BCUT2D eigenvalue weighted by Gasteiger charge is 2.42. The molecule has 0 aromatic carbocycles. The van der Waals surface area contributed by atoms with Crippen molar-refractivity contribution in [1.82, 2.24) is 5.32 Å². The molecule has 1 fully saturated rings. The third kappa shape index (κ3) is 2.68. The van der Waals surface area contributed by atoms with Crippen LogP contribution in [0, 0.1) is 5.92 Å². The van der Waals surface area contributed by atoms with Gasteiger partial charge in [-0.25, -0.2) is 4.79 Å². The maximum absolute atomic E-state index is 11.9. The van der Waals surface area contributed by atoms with Crippen LogP contribution in [0.5, 0.6) is 0 Å². The Hall–Kier alpha value is -1.32. The number of carboxylic acids is 1. The average Bonchev–Trinajstić information content (AvgIpc) is 2.89. The molecule has 1 amide bonds. The highest BCUT2D eigenvalue weighted by atomic mass is 16.4. The minimum atomic E-state index is -0.987. The van der Waals surface area contributed by atoms with E-state index in [1.165, 1.54) is 0 Å². The highest BCUT2D eigenvalue weighted by molar-refractivity contribution is 5.87. The maximum atomic E-state index is 11.9. The van der Waals surface area contributed by atoms with Crippen LogP contribution in [0.3, 0.4) is 0 Å². The topological polar surface area (TPSA) is 66.4 Å². The van der Waals surface area contributed by atoms with E-state index < -0.39 is 11.5 Å². The molecule has 0 aliphatic heterocycles. The van der Waals surface area contributed by atoms with E-state index in [1.807, 2.05) is 0 Å². The second kappa shape index (κ2) is 4.90. The zero-order valence-electron chi connectivity index (χ0n) is 9.95. The molecule has 0 aromatic rings. The molecule has 1 saturated carbocycles. The minimum absolute atomic E-state index is 0.120. The first kappa shape index (κ1) is 12.1. The van der Waals surface area contributed by atoms with E-state index in [0.717, 1.165) is 25.7 Å². The Morgan fingerprint density at radius 2 is 2.06 bits per heavy atom. The van der Waals surface area contributed by atoms with Gasteiger partial charge in [0.15, 0.2) is 0 Å². The average molecular weight is 237 g/mol. The number of carbonyl (C=O) groups is 2. The van der Waals surface area contributed by atoms with E-state index >= 15 is 0 Å². The summed E-state index contributed by atoms with van der Waals surface area (Å²) in [5.41, 5.74) is -0.987. The van der Waals surface area contributed by atoms with Gasteiger partial charge in [-0.05, 0) is 31.6 Å². The number of nitrogens with one attached hydrogen (secondary N) is 1. The third-order valence-electron chi connectivity index (χ3n) is 3.81. The number of aliphatic carboxylic acids is 1. The molecule has 2 aliphatic carbocycles. The molecule has 1 unspecified atom stereocenters. The minimum Gasteiger partial charge on any atom is -0.480 e. The summed E-state index contributed by atoms with van der Waals surface area (Å²) < 4.78 is 0. The number of hydrogen-bond donors (Lipinski definition) is 2. The number of amides is 1. The SMILES string of the molecule is O=C(CC1C=CCC1)NC1(C(=O)O)CCCC1. The number of hydrogen-bond acceptors (Lipinski definition) is 2. The van der Waals surface area contributed by atoms with Gasteiger partial charge in [0.25, 0.3) is 0 Å². The summed E-state index contributed by atoms with van der Waals surface area (Å²) in [7, 11) is 0. The molecule has 1 atom stereocenters. The van der Waals surface area contributed by atoms with E-state index in [-0.39, 0.29) is 5.91 Å². The van der Waals surface area contributed by atoms with Gasteiger partial charge >= 0.3 is 5.97 Å². The largest absolute Gasteiger partial charge is 0.480 e. The second-order valence-corrected chi connectivity index (χ2v) is 5.11. The molecule has 2 N–H and O–H groups in total. The molecule has 4 heteroatoms. The summed E-state index contributed by atoms with van der Waals surface area (Å²) in [6.07, 6.45) is 9.50. The van der Waals surface area contributed by atoms with Crippen molar-refractivity contribution >= 4 is 11.9 Å². The number of carbonyl (C=O) groups excluding carboxylic acids is 1. The van der Waals surface area contributed by atoms with Crippen LogP contribution in [0.4, 0.5) is 0 Å². The molecule has 94 valence electrons. The molecule has 0 saturated heterocycles. The smallest absolute Gasteiger partial charge is 0.329 e. The fourth-order valence-electron chi connectivity index (χ4n) is 2.79. The van der Waals surface area contributed by atoms with Gasteiger partial charge in [0.2, 0.25) is 5.91 Å². The number of rotatable bonds is 4. The van der Waals surface area contributed by atoms with Crippen molar-refractivity contribution in [1.29, 1.82) is 0 Å². The zero-order valence-corrected chi connectivity index (χ0v) is 9.95. The Bertz CT molecular complexity index is 343. The lowest BCUT2D eigenvalue weighted by atomic mass is 9.96. The van der Waals surface area contributed by atoms with Crippen LogP contribution in [0.25, 0.3) is 0 Å². The Morgan fingerprint density at radius 1 is 1.35 bits per heavy atom. The van der Waals surface area contributed by atoms with E-state index in [1.54, 1.807) is 0 Å². The molecule has 0 aromatic heterocycles. The summed E-state index contributed by atoms with van der Waals surface area (Å²) in [5.74, 6) is -0.710. The van der Waals surface area contributed by atoms with Crippen LogP contribution in [0.15, 0.2) is 12.2 Å². The normalized spacial score (nSPS) is 26.0. The Labute approximate surface area is 101 Å². The van der Waals surface area contributed by atoms with Gasteiger partial charge in [0.1, 0.15) is 5.54 Å². The molecule has 0 bridgehead atoms. The lowest BCUT2D eigenvalue weighted by Gasteiger charge is -2.25. The van der Waals surface area contributed by atoms with Crippen molar-refractivity contribution in [3.05, 3.63) is 12.2 Å². The predicted molar refractivity (Wildman–Crippen MR) is 63.5 cm³/mol. The molecule has 2 rings (SSSR count). The standard InChI is InChI=1S/C13H19NO3/c15-11(9-10-5-1-2-6-10)14-13(12(16)17)7-3-4-8-13/h1,5,10H,2-4,6-9H2,(H,14,15)(H,16,17). The summed E-state index contributed by atoms with van der Waals surface area (Å²) in [4.78, 5) is 23.1. The first-order chi connectivity index (χ1) is 8.12. The van der Waals surface area contributed by atoms with Gasteiger partial charge < -0.3 is 10.4 Å². The Kier molecular flexibility index (Phi) is 3.50. The van der Waals surface area contributed by atoms with E-state index in [2.05, 4.69) is 17.5 Å². The van der Waals surface area contributed by atoms with E-state index in [4.69, 9.17) is 0 Å². The van der Waals surface area contributed by atoms with Crippen molar-refractivity contribution in [2.75, 3.05) is 0 Å². The van der Waals surface area contributed by atoms with E-state index in [9.17, 15) is 14.7 Å². The summed E-state index contributed by atoms with van der Waals surface area (Å²) in [5, 5.41) is 12.0. The van der Waals surface area contributed by atoms with Gasteiger partial charge in [0, 0.05) is 6.42 Å². The lowest BCUT2D eigenvalue weighted by molar-refractivity contribution is -0.147. The first-order valence-electron chi connectivity index (χ1n) is 6.33. The monoisotopic (exact) mass is 237 g/mol. The second-order valence-electron chi connectivity index (χ2n) is 5.11. The molecule has 4 nitrogen and oxygen atoms in total. The Morgan fingerprint density at radius 3 is 2.59 bits per heavy atom. The van der Waals surface area contributed by atoms with Gasteiger partial charge in [-0.3, -0.25) is 4.79 Å². The zero-order chi connectivity index (χ0) is 12.3. The van der Waals surface area contributed by atoms with Crippen LogP contribution in [0.2, 0.25) is 0 Å². The fraction of sp³-hybridized carbons (Fsp3) is 0.692. The summed E-state index contributed by atoms with van der Waals surface area (Å²) in [6.45, 7) is 0. The molecule has 0 spiro atoms. The lowest BCUT2D eigenvalue weighted by Crippen LogP contribution is -2.52. The van der Waals surface area contributed by atoms with Crippen LogP contribution >= 0.6 is 0 Å². The molecule has 17 heavy (non-hydrogen) atoms. The molecular weight excluding hydrogens is 218 g/mol. The maximum Gasteiger partial charge on any atom is 0.329 e. The number of carboxylic acid groups (broad SMARTS) is 1. The summed E-state index contributed by atoms with van der Waals surface area (Å²) in [6, 6.07) is 0. The molecule has 0 heterocycles. The predicted octanol–water partition coefficient (Wildman–Crippen LogP) is 1.86. The van der Waals surface area contributed by atoms with Gasteiger partial charge in [-0.1, -0.05) is 25.0 Å². The van der Waals surface area contributed by atoms with Gasteiger partial charge in [-0.2, -0.15) is 0 Å². The highest BCUT2D eigenvalue weighted by Crippen LogP contribution is 2.30. The Balaban J connectivity index is 1.91. The van der Waals surface area contributed by atoms with Crippen molar-refractivity contribution in [2.24, 2.45) is 5.92 Å². The van der Waals surface area contributed by atoms with Crippen molar-refractivity contribution in [2.45, 2.75) is 50.5 Å². The van der Waals surface area contributed by atoms with Crippen LogP contribution < -0.4 is 5.32 Å². The first-order valence-corrected chi connectivity index (χ1v) is 6.33. The van der Waals surface area contributed by atoms with Gasteiger partial charge in [-0.15, -0.1) is 0 Å². The van der Waals surface area contributed by atoms with Crippen molar-refractivity contribution in [3.63, 3.8) is 0 Å². The van der Waals surface area contributed by atoms with Crippen molar-refractivity contribution in [3.8, 4) is 0 Å². The third-order valence-corrected chi connectivity index (χ3v) is 3.81. The quantitative estimate of drug-likeness (QED) is 0.733. The van der Waals surface area contributed by atoms with Crippen LogP contribution in [0.1, 0.15) is 44.9 Å². The molecule has 0 radical (unpaired) electrons. The molecular formula is C13H19NO3. The van der Waals surface area contributed by atoms with Crippen LogP contribution in [-0.2, 0) is 9.59 Å². The van der Waals surface area contributed by atoms with E-state index in [0.29, 0.717) is 25.2 Å². The van der Waals surface area contributed by atoms with Crippen LogP contribution in [-0.4, -0.2) is 22.5 Å². The molecule has 2 aliphatic rings.